The van der Waals surface area contributed by atoms with E-state index in [1.165, 1.54) is 0 Å². The predicted molar refractivity (Wildman–Crippen MR) is 163 cm³/mol. The molecule has 1 aliphatic rings. The summed E-state index contributed by atoms with van der Waals surface area (Å²) in [5.74, 6) is -4.71. The van der Waals surface area contributed by atoms with Gasteiger partial charge >= 0.3 is 23.9 Å². The lowest BCUT2D eigenvalue weighted by molar-refractivity contribution is -0.145. The Labute approximate surface area is 264 Å². The first kappa shape index (κ1) is 40.2. The van der Waals surface area contributed by atoms with Gasteiger partial charge in [0.25, 0.3) is 0 Å². The largest absolute Gasteiger partial charge is 0.480 e. The maximum absolute atomic E-state index is 12.5. The topological polar surface area (TPSA) is 219 Å². The van der Waals surface area contributed by atoms with Gasteiger partial charge in [-0.15, -0.1) is 0 Å². The minimum atomic E-state index is -1.15. The molecule has 17 nitrogen and oxygen atoms in total. The Morgan fingerprint density at radius 2 is 1.02 bits per heavy atom. The van der Waals surface area contributed by atoms with E-state index in [1.54, 1.807) is 19.6 Å². The Morgan fingerprint density at radius 1 is 0.622 bits per heavy atom. The van der Waals surface area contributed by atoms with Crippen molar-refractivity contribution >= 4 is 37.6 Å². The number of aliphatic carboxylic acids is 4. The van der Waals surface area contributed by atoms with E-state index in [0.717, 1.165) is 6.32 Å². The monoisotopic (exact) mass is 647 g/mol. The molecular formula is C27H50BN5O12. The molecule has 0 aromatic heterocycles. The number of rotatable bonds is 22. The van der Waals surface area contributed by atoms with Gasteiger partial charge in [-0.25, -0.2) is 0 Å². The second-order valence-corrected chi connectivity index (χ2v) is 10.6. The Bertz CT molecular complexity index is 870. The maximum Gasteiger partial charge on any atom is 0.320 e. The van der Waals surface area contributed by atoms with Crippen LogP contribution in [0.2, 0.25) is 6.32 Å². The average Bonchev–Trinajstić information content (AvgIpc) is 2.95. The molecule has 5 N–H and O–H groups in total. The highest BCUT2D eigenvalue weighted by Gasteiger charge is 2.28. The van der Waals surface area contributed by atoms with Crippen molar-refractivity contribution in [2.75, 3.05) is 118 Å². The van der Waals surface area contributed by atoms with Gasteiger partial charge in [0, 0.05) is 71.9 Å². The van der Waals surface area contributed by atoms with Gasteiger partial charge in [-0.3, -0.25) is 43.6 Å². The number of carbonyl (C=O) groups is 5. The zero-order chi connectivity index (χ0) is 33.5. The molecule has 0 bridgehead atoms. The van der Waals surface area contributed by atoms with Gasteiger partial charge in [0.1, 0.15) is 13.9 Å². The first-order valence-electron chi connectivity index (χ1n) is 15.3. The van der Waals surface area contributed by atoms with Crippen LogP contribution in [-0.4, -0.2) is 202 Å². The third-order valence-corrected chi connectivity index (χ3v) is 6.98. The number of amides is 1. The molecule has 1 amide bonds. The number of carboxylic acid groups (broad SMARTS) is 4. The van der Waals surface area contributed by atoms with Crippen LogP contribution in [0.1, 0.15) is 12.8 Å². The maximum atomic E-state index is 12.5. The molecule has 1 unspecified atom stereocenters. The van der Waals surface area contributed by atoms with Crippen molar-refractivity contribution < 1.29 is 58.6 Å². The van der Waals surface area contributed by atoms with Crippen LogP contribution in [-0.2, 0) is 38.2 Å². The van der Waals surface area contributed by atoms with Gasteiger partial charge in [0.2, 0.25) is 5.91 Å². The van der Waals surface area contributed by atoms with E-state index in [1.807, 2.05) is 7.85 Å². The van der Waals surface area contributed by atoms with Crippen molar-refractivity contribution in [1.82, 2.24) is 24.9 Å². The van der Waals surface area contributed by atoms with Crippen molar-refractivity contribution in [3.05, 3.63) is 0 Å². The predicted octanol–water partition coefficient (Wildman–Crippen LogP) is -3.09. The van der Waals surface area contributed by atoms with E-state index < -0.39 is 29.9 Å². The molecule has 1 aliphatic heterocycles. The molecule has 18 heteroatoms. The Hall–Kier alpha value is -2.87. The van der Waals surface area contributed by atoms with Crippen LogP contribution >= 0.6 is 0 Å². The minimum absolute atomic E-state index is 0.0137. The number of carbonyl (C=O) groups excluding carboxylic acids is 1. The summed E-state index contributed by atoms with van der Waals surface area (Å²) in [6, 6.07) is -1.07. The summed E-state index contributed by atoms with van der Waals surface area (Å²) in [6.45, 7) is 3.56. The summed E-state index contributed by atoms with van der Waals surface area (Å²) in [6.07, 6.45) is 0.860. The third-order valence-electron chi connectivity index (χ3n) is 6.98. The van der Waals surface area contributed by atoms with E-state index in [9.17, 15) is 44.4 Å². The van der Waals surface area contributed by atoms with Gasteiger partial charge in [-0.1, -0.05) is 6.32 Å². The highest BCUT2D eigenvalue weighted by Crippen LogP contribution is 2.10. The van der Waals surface area contributed by atoms with Crippen LogP contribution in [0.5, 0.6) is 0 Å². The second kappa shape index (κ2) is 24.4. The molecule has 0 aromatic carbocycles. The first-order valence-corrected chi connectivity index (χ1v) is 15.3. The lowest BCUT2D eigenvalue weighted by atomic mass is 10.1. The van der Waals surface area contributed by atoms with Gasteiger partial charge in [0.05, 0.1) is 52.7 Å². The lowest BCUT2D eigenvalue weighted by Crippen LogP contribution is -2.52. The standard InChI is InChI=1S/C27H50BN5O12/c28-3-13-43-15-17-45-18-16-44-14-4-29-23(34)2-1-22(27(41)42)33-11-9-31(20-25(37)38)7-5-30(19-24(35)36)6-8-32(10-12-33)21-26(39)40/h22H,1-21,28H2,(H,29,34)(H,35,36)(H,37,38)(H,39,40)(H,41,42). The molecule has 1 atom stereocenters. The fourth-order valence-electron chi connectivity index (χ4n) is 4.68. The van der Waals surface area contributed by atoms with Crippen LogP contribution in [0.15, 0.2) is 0 Å². The normalized spacial score (nSPS) is 17.2. The van der Waals surface area contributed by atoms with Crippen LogP contribution in [0.3, 0.4) is 0 Å². The van der Waals surface area contributed by atoms with E-state index in [2.05, 4.69) is 5.32 Å². The summed E-state index contributed by atoms with van der Waals surface area (Å²) < 4.78 is 16.1. The SMILES string of the molecule is BCCOCCOCCOCCNC(=O)CCC(C(=O)O)N1CCN(CC(=O)O)CCN(CC(=O)O)CCN(CC(=O)O)CC1. The molecule has 0 saturated carbocycles. The van der Waals surface area contributed by atoms with Crippen LogP contribution in [0, 0.1) is 0 Å². The van der Waals surface area contributed by atoms with E-state index in [-0.39, 0.29) is 104 Å². The molecule has 0 aliphatic carbocycles. The fraction of sp³-hybridized carbons (Fsp3) is 0.815. The van der Waals surface area contributed by atoms with Crippen molar-refractivity contribution in [2.24, 2.45) is 0 Å². The molecule has 1 rings (SSSR count). The number of ether oxygens (including phenoxy) is 3. The average molecular weight is 648 g/mol. The number of hydrogen-bond donors (Lipinski definition) is 5. The first-order chi connectivity index (χ1) is 21.5. The lowest BCUT2D eigenvalue weighted by Gasteiger charge is -2.35. The molecule has 45 heavy (non-hydrogen) atoms. The fourth-order valence-corrected chi connectivity index (χ4v) is 4.68. The highest BCUT2D eigenvalue weighted by atomic mass is 16.5. The smallest absolute Gasteiger partial charge is 0.320 e. The third kappa shape index (κ3) is 20.7. The second-order valence-electron chi connectivity index (χ2n) is 10.6. The number of hydrogen-bond acceptors (Lipinski definition) is 12. The molecular weight excluding hydrogens is 597 g/mol. The van der Waals surface area contributed by atoms with E-state index in [0.29, 0.717) is 33.0 Å². The molecule has 0 spiro atoms. The van der Waals surface area contributed by atoms with Crippen LogP contribution in [0.4, 0.5) is 0 Å². The van der Waals surface area contributed by atoms with Crippen molar-refractivity contribution in [3.63, 3.8) is 0 Å². The van der Waals surface area contributed by atoms with Crippen molar-refractivity contribution in [2.45, 2.75) is 25.2 Å². The number of nitrogens with one attached hydrogen (secondary N) is 1. The molecule has 1 heterocycles. The highest BCUT2D eigenvalue weighted by molar-refractivity contribution is 6.08. The Balaban J connectivity index is 2.73. The van der Waals surface area contributed by atoms with Crippen molar-refractivity contribution in [3.8, 4) is 0 Å². The molecule has 0 aromatic rings. The Morgan fingerprint density at radius 3 is 1.42 bits per heavy atom. The molecule has 1 saturated heterocycles. The van der Waals surface area contributed by atoms with E-state index in [4.69, 9.17) is 14.2 Å². The van der Waals surface area contributed by atoms with Gasteiger partial charge in [0.15, 0.2) is 0 Å². The summed E-state index contributed by atoms with van der Waals surface area (Å²) in [4.78, 5) is 65.6. The molecule has 258 valence electrons. The summed E-state index contributed by atoms with van der Waals surface area (Å²) in [5.41, 5.74) is 0. The van der Waals surface area contributed by atoms with Crippen LogP contribution in [0.25, 0.3) is 0 Å². The number of nitrogens with zero attached hydrogens (tertiary/aromatic N) is 4. The summed E-state index contributed by atoms with van der Waals surface area (Å²) >= 11 is 0. The zero-order valence-electron chi connectivity index (χ0n) is 26.3. The Kier molecular flexibility index (Phi) is 21.8. The molecule has 0 radical (unpaired) electrons. The summed E-state index contributed by atoms with van der Waals surface area (Å²) in [5, 5.41) is 40.8. The van der Waals surface area contributed by atoms with Gasteiger partial charge < -0.3 is 40.0 Å². The quantitative estimate of drug-likeness (QED) is 0.0581. The van der Waals surface area contributed by atoms with Gasteiger partial charge in [-0.2, -0.15) is 0 Å². The molecule has 1 fully saturated rings. The minimum Gasteiger partial charge on any atom is -0.480 e. The van der Waals surface area contributed by atoms with Crippen molar-refractivity contribution in [1.29, 1.82) is 0 Å². The van der Waals surface area contributed by atoms with Gasteiger partial charge in [-0.05, 0) is 6.42 Å². The van der Waals surface area contributed by atoms with E-state index >= 15 is 0 Å². The van der Waals surface area contributed by atoms with Crippen LogP contribution < -0.4 is 5.32 Å². The zero-order valence-corrected chi connectivity index (χ0v) is 26.3. The number of carboxylic acids is 4. The summed E-state index contributed by atoms with van der Waals surface area (Å²) in [7, 11) is 2.03.